The number of aliphatic hydroxyl groups is 1. The first-order valence-electron chi connectivity index (χ1n) is 4.31. The maximum absolute atomic E-state index is 10.7. The summed E-state index contributed by atoms with van der Waals surface area (Å²) in [5.74, 6) is 0. The Morgan fingerprint density at radius 2 is 1.87 bits per heavy atom. The molecule has 2 N–H and O–H groups in total. The van der Waals surface area contributed by atoms with E-state index in [0.29, 0.717) is 12.0 Å². The number of benzene rings is 1. The van der Waals surface area contributed by atoms with Gasteiger partial charge in [0.15, 0.2) is 0 Å². The van der Waals surface area contributed by atoms with E-state index in [1.807, 2.05) is 0 Å². The molecule has 0 amide bonds. The summed E-state index contributed by atoms with van der Waals surface area (Å²) in [4.78, 5) is -0.183. The lowest BCUT2D eigenvalue weighted by atomic mass is 10.1. The Morgan fingerprint density at radius 3 is 2.27 bits per heavy atom. The van der Waals surface area contributed by atoms with Crippen molar-refractivity contribution in [2.45, 2.75) is 17.4 Å². The van der Waals surface area contributed by atoms with Crippen LogP contribution < -0.4 is 0 Å². The Morgan fingerprint density at radius 1 is 1.33 bits per heavy atom. The van der Waals surface area contributed by atoms with Crippen molar-refractivity contribution in [3.63, 3.8) is 0 Å². The molecule has 0 spiro atoms. The molecule has 0 saturated carbocycles. The molecule has 1 atom stereocenters. The maximum Gasteiger partial charge on any atom is 0.294 e. The van der Waals surface area contributed by atoms with Crippen molar-refractivity contribution in [3.8, 4) is 0 Å². The predicted molar refractivity (Wildman–Crippen MR) is 56.0 cm³/mol. The van der Waals surface area contributed by atoms with Crippen LogP contribution in [0.5, 0.6) is 0 Å². The number of hydrogen-bond acceptors (Lipinski definition) is 3. The summed E-state index contributed by atoms with van der Waals surface area (Å²) >= 11 is 0. The normalized spacial score (nSPS) is 13.5. The summed E-state index contributed by atoms with van der Waals surface area (Å²) in [7, 11) is -4.16. The van der Waals surface area contributed by atoms with E-state index in [1.165, 1.54) is 24.3 Å². The van der Waals surface area contributed by atoms with Crippen molar-refractivity contribution < 1.29 is 18.1 Å². The van der Waals surface area contributed by atoms with E-state index in [1.54, 1.807) is 6.08 Å². The fraction of sp³-hybridized carbons (Fsp3) is 0.200. The van der Waals surface area contributed by atoms with Crippen LogP contribution in [0.2, 0.25) is 0 Å². The van der Waals surface area contributed by atoms with E-state index in [0.717, 1.165) is 0 Å². The molecule has 1 unspecified atom stereocenters. The van der Waals surface area contributed by atoms with Crippen LogP contribution in [0.3, 0.4) is 0 Å². The van der Waals surface area contributed by atoms with Gasteiger partial charge in [-0.15, -0.1) is 6.58 Å². The molecule has 15 heavy (non-hydrogen) atoms. The van der Waals surface area contributed by atoms with E-state index < -0.39 is 16.2 Å². The van der Waals surface area contributed by atoms with Gasteiger partial charge >= 0.3 is 0 Å². The molecule has 0 aliphatic rings. The van der Waals surface area contributed by atoms with Gasteiger partial charge in [-0.3, -0.25) is 4.55 Å². The van der Waals surface area contributed by atoms with Gasteiger partial charge in [0.2, 0.25) is 0 Å². The van der Waals surface area contributed by atoms with Crippen molar-refractivity contribution in [1.82, 2.24) is 0 Å². The van der Waals surface area contributed by atoms with E-state index >= 15 is 0 Å². The third-order valence-corrected chi connectivity index (χ3v) is 2.82. The van der Waals surface area contributed by atoms with Crippen LogP contribution in [0.1, 0.15) is 18.1 Å². The molecule has 82 valence electrons. The van der Waals surface area contributed by atoms with Crippen molar-refractivity contribution in [3.05, 3.63) is 42.5 Å². The molecular formula is C10H12O4S. The summed E-state index contributed by atoms with van der Waals surface area (Å²) in [5, 5.41) is 9.53. The lowest BCUT2D eigenvalue weighted by molar-refractivity contribution is 0.181. The zero-order valence-electron chi connectivity index (χ0n) is 8.00. The topological polar surface area (TPSA) is 74.6 Å². The third-order valence-electron chi connectivity index (χ3n) is 1.95. The molecule has 0 aromatic heterocycles. The molecule has 1 aromatic rings. The lowest BCUT2D eigenvalue weighted by Gasteiger charge is -2.08. The van der Waals surface area contributed by atoms with Crippen molar-refractivity contribution in [2.24, 2.45) is 0 Å². The monoisotopic (exact) mass is 228 g/mol. The van der Waals surface area contributed by atoms with Crippen molar-refractivity contribution in [2.75, 3.05) is 0 Å². The summed E-state index contributed by atoms with van der Waals surface area (Å²) in [6, 6.07) is 5.41. The molecular weight excluding hydrogens is 216 g/mol. The van der Waals surface area contributed by atoms with Crippen LogP contribution in [-0.2, 0) is 10.1 Å². The van der Waals surface area contributed by atoms with Crippen LogP contribution >= 0.6 is 0 Å². The van der Waals surface area contributed by atoms with Crippen molar-refractivity contribution in [1.29, 1.82) is 0 Å². The van der Waals surface area contributed by atoms with E-state index in [4.69, 9.17) is 4.55 Å². The molecule has 0 radical (unpaired) electrons. The van der Waals surface area contributed by atoms with Crippen LogP contribution in [0.25, 0.3) is 0 Å². The lowest BCUT2D eigenvalue weighted by Crippen LogP contribution is -2.00. The molecule has 1 aromatic carbocycles. The van der Waals surface area contributed by atoms with Crippen LogP contribution in [0, 0.1) is 0 Å². The molecule has 0 bridgehead atoms. The average Bonchev–Trinajstić information content (AvgIpc) is 2.17. The van der Waals surface area contributed by atoms with Crippen LogP contribution in [-0.4, -0.2) is 18.1 Å². The SMILES string of the molecule is C=CCC(O)c1ccc(S(=O)(=O)O)cc1. The molecule has 5 heteroatoms. The second-order valence-corrected chi connectivity index (χ2v) is 4.51. The molecule has 4 nitrogen and oxygen atoms in total. The maximum atomic E-state index is 10.7. The van der Waals surface area contributed by atoms with E-state index in [-0.39, 0.29) is 4.90 Å². The highest BCUT2D eigenvalue weighted by Gasteiger charge is 2.10. The predicted octanol–water partition coefficient (Wildman–Crippen LogP) is 1.54. The molecule has 0 heterocycles. The largest absolute Gasteiger partial charge is 0.388 e. The zero-order valence-corrected chi connectivity index (χ0v) is 8.81. The standard InChI is InChI=1S/C10H12O4S/c1-2-3-10(11)8-4-6-9(7-5-8)15(12,13)14/h2,4-7,10-11H,1,3H2,(H,12,13,14). The quantitative estimate of drug-likeness (QED) is 0.605. The van der Waals surface area contributed by atoms with E-state index in [2.05, 4.69) is 6.58 Å². The summed E-state index contributed by atoms with van der Waals surface area (Å²) in [6.45, 7) is 3.49. The Labute approximate surface area is 88.6 Å². The Kier molecular flexibility index (Phi) is 3.62. The third kappa shape index (κ3) is 3.16. The second kappa shape index (κ2) is 4.57. The highest BCUT2D eigenvalue weighted by molar-refractivity contribution is 7.85. The Balaban J connectivity index is 2.95. The van der Waals surface area contributed by atoms with Gasteiger partial charge in [-0.25, -0.2) is 0 Å². The minimum Gasteiger partial charge on any atom is -0.388 e. The Hall–Kier alpha value is -1.17. The summed E-state index contributed by atoms with van der Waals surface area (Å²) in [5.41, 5.74) is 0.585. The summed E-state index contributed by atoms with van der Waals surface area (Å²) in [6.07, 6.45) is 1.27. The van der Waals surface area contributed by atoms with Gasteiger partial charge < -0.3 is 5.11 Å². The van der Waals surface area contributed by atoms with Gasteiger partial charge in [-0.2, -0.15) is 8.42 Å². The highest BCUT2D eigenvalue weighted by atomic mass is 32.2. The first-order valence-corrected chi connectivity index (χ1v) is 5.75. The van der Waals surface area contributed by atoms with Crippen LogP contribution in [0.4, 0.5) is 0 Å². The zero-order chi connectivity index (χ0) is 11.5. The van der Waals surface area contributed by atoms with Gasteiger partial charge in [0, 0.05) is 0 Å². The number of aliphatic hydroxyl groups excluding tert-OH is 1. The molecule has 0 fully saturated rings. The van der Waals surface area contributed by atoms with Gasteiger partial charge in [0.05, 0.1) is 11.0 Å². The van der Waals surface area contributed by atoms with Crippen LogP contribution in [0.15, 0.2) is 41.8 Å². The first-order chi connectivity index (χ1) is 6.95. The average molecular weight is 228 g/mol. The first kappa shape index (κ1) is 11.9. The fourth-order valence-electron chi connectivity index (χ4n) is 1.16. The molecule has 1 rings (SSSR count). The smallest absolute Gasteiger partial charge is 0.294 e. The minimum atomic E-state index is -4.16. The van der Waals surface area contributed by atoms with Gasteiger partial charge in [-0.1, -0.05) is 18.2 Å². The molecule has 0 saturated heterocycles. The van der Waals surface area contributed by atoms with E-state index in [9.17, 15) is 13.5 Å². The summed E-state index contributed by atoms with van der Waals surface area (Å²) < 4.78 is 30.1. The van der Waals surface area contributed by atoms with Gasteiger partial charge in [0.1, 0.15) is 0 Å². The number of rotatable bonds is 4. The highest BCUT2D eigenvalue weighted by Crippen LogP contribution is 2.18. The molecule has 0 aliphatic carbocycles. The molecule has 0 aliphatic heterocycles. The van der Waals surface area contributed by atoms with Gasteiger partial charge in [0.25, 0.3) is 10.1 Å². The second-order valence-electron chi connectivity index (χ2n) is 3.08. The fourth-order valence-corrected chi connectivity index (χ4v) is 1.64. The Bertz CT molecular complexity index is 433. The van der Waals surface area contributed by atoms with Crippen molar-refractivity contribution >= 4 is 10.1 Å². The number of hydrogen-bond donors (Lipinski definition) is 2. The minimum absolute atomic E-state index is 0.183. The van der Waals surface area contributed by atoms with Gasteiger partial charge in [-0.05, 0) is 24.1 Å².